The molecule has 0 saturated heterocycles. The standard InChI is InChI=1S/C25H36N4O4/c1-4-29(15-22(30)26-20-5-7-21(33-3)8-6-20)16(2)23(31)27-24(32)28-25-12-17-9-18(13-25)11-19(10-17)14-25/h5-8,16-19H,4,9-15H2,1-3H3,(H,26,30)(H2,27,28,31,32). The second-order valence-corrected chi connectivity index (χ2v) is 10.2. The summed E-state index contributed by atoms with van der Waals surface area (Å²) in [6.07, 6.45) is 6.97. The zero-order valence-electron chi connectivity index (χ0n) is 19.9. The monoisotopic (exact) mass is 456 g/mol. The quantitative estimate of drug-likeness (QED) is 0.558. The highest BCUT2D eigenvalue weighted by atomic mass is 16.5. The van der Waals surface area contributed by atoms with E-state index in [9.17, 15) is 14.4 Å². The molecule has 0 aliphatic heterocycles. The molecule has 0 aromatic heterocycles. The van der Waals surface area contributed by atoms with Crippen molar-refractivity contribution in [1.29, 1.82) is 0 Å². The molecule has 8 heteroatoms. The third kappa shape index (κ3) is 5.49. The number of hydrogen-bond acceptors (Lipinski definition) is 5. The maximum atomic E-state index is 12.8. The molecule has 1 atom stereocenters. The highest BCUT2D eigenvalue weighted by Crippen LogP contribution is 2.55. The van der Waals surface area contributed by atoms with Crippen molar-refractivity contribution in [2.75, 3.05) is 25.5 Å². The number of methoxy groups -OCH3 is 1. The van der Waals surface area contributed by atoms with Crippen LogP contribution in [0.25, 0.3) is 0 Å². The smallest absolute Gasteiger partial charge is 0.321 e. The minimum Gasteiger partial charge on any atom is -0.497 e. The summed E-state index contributed by atoms with van der Waals surface area (Å²) in [5.74, 6) is 2.24. The van der Waals surface area contributed by atoms with Gasteiger partial charge in [-0.1, -0.05) is 6.92 Å². The summed E-state index contributed by atoms with van der Waals surface area (Å²) < 4.78 is 5.12. The second kappa shape index (κ2) is 9.71. The number of imide groups is 1. The first-order valence-corrected chi connectivity index (χ1v) is 12.1. The molecule has 4 aliphatic rings. The molecule has 1 aromatic carbocycles. The van der Waals surface area contributed by atoms with Crippen molar-refractivity contribution in [2.24, 2.45) is 17.8 Å². The van der Waals surface area contributed by atoms with Gasteiger partial charge in [-0.05, 0) is 94.0 Å². The molecule has 0 radical (unpaired) electrons. The van der Waals surface area contributed by atoms with E-state index < -0.39 is 18.0 Å². The lowest BCUT2D eigenvalue weighted by molar-refractivity contribution is -0.126. The van der Waals surface area contributed by atoms with Gasteiger partial charge in [-0.15, -0.1) is 0 Å². The van der Waals surface area contributed by atoms with Crippen LogP contribution >= 0.6 is 0 Å². The van der Waals surface area contributed by atoms with Gasteiger partial charge in [0, 0.05) is 11.2 Å². The molecule has 4 amide bonds. The largest absolute Gasteiger partial charge is 0.497 e. The molecule has 0 spiro atoms. The number of ether oxygens (including phenoxy) is 1. The molecule has 4 fully saturated rings. The SMILES string of the molecule is CCN(CC(=O)Nc1ccc(OC)cc1)C(C)C(=O)NC(=O)NC12CC3CC(CC(C3)C1)C2. The van der Waals surface area contributed by atoms with Crippen molar-refractivity contribution in [3.8, 4) is 5.75 Å². The molecule has 1 aromatic rings. The Morgan fingerprint density at radius 2 is 1.64 bits per heavy atom. The van der Waals surface area contributed by atoms with Gasteiger partial charge in [0.25, 0.3) is 0 Å². The number of amides is 4. The Morgan fingerprint density at radius 1 is 1.06 bits per heavy atom. The van der Waals surface area contributed by atoms with Crippen molar-refractivity contribution in [3.05, 3.63) is 24.3 Å². The van der Waals surface area contributed by atoms with Gasteiger partial charge in [0.15, 0.2) is 0 Å². The van der Waals surface area contributed by atoms with Crippen LogP contribution in [0.15, 0.2) is 24.3 Å². The zero-order chi connectivity index (χ0) is 23.6. The van der Waals surface area contributed by atoms with Gasteiger partial charge in [0.2, 0.25) is 11.8 Å². The molecule has 3 N–H and O–H groups in total. The van der Waals surface area contributed by atoms with Gasteiger partial charge in [-0.2, -0.15) is 0 Å². The van der Waals surface area contributed by atoms with Crippen molar-refractivity contribution in [3.63, 3.8) is 0 Å². The van der Waals surface area contributed by atoms with E-state index in [2.05, 4.69) is 16.0 Å². The van der Waals surface area contributed by atoms with Crippen LogP contribution in [0.2, 0.25) is 0 Å². The Bertz CT molecular complexity index is 850. The third-order valence-electron chi connectivity index (χ3n) is 7.71. The average Bonchev–Trinajstić information content (AvgIpc) is 2.76. The summed E-state index contributed by atoms with van der Waals surface area (Å²) in [7, 11) is 1.59. The number of rotatable bonds is 8. The molecular weight excluding hydrogens is 420 g/mol. The van der Waals surface area contributed by atoms with E-state index in [1.54, 1.807) is 43.2 Å². The van der Waals surface area contributed by atoms with E-state index in [1.165, 1.54) is 19.3 Å². The molecular formula is C25H36N4O4. The van der Waals surface area contributed by atoms with Crippen LogP contribution in [-0.4, -0.2) is 54.5 Å². The second-order valence-electron chi connectivity index (χ2n) is 10.2. The van der Waals surface area contributed by atoms with E-state index in [0.717, 1.165) is 19.3 Å². The van der Waals surface area contributed by atoms with Crippen LogP contribution in [0.5, 0.6) is 5.75 Å². The first-order chi connectivity index (χ1) is 15.8. The Kier molecular flexibility index (Phi) is 6.93. The Labute approximate surface area is 195 Å². The molecule has 4 bridgehead atoms. The normalized spacial score (nSPS) is 28.3. The lowest BCUT2D eigenvalue weighted by Gasteiger charge is -2.56. The Hall–Kier alpha value is -2.61. The maximum absolute atomic E-state index is 12.8. The zero-order valence-corrected chi connectivity index (χ0v) is 19.9. The number of carbonyl (C=O) groups excluding carboxylic acids is 3. The number of nitrogens with one attached hydrogen (secondary N) is 3. The molecule has 8 nitrogen and oxygen atoms in total. The Morgan fingerprint density at radius 3 is 2.15 bits per heavy atom. The third-order valence-corrected chi connectivity index (χ3v) is 7.71. The summed E-state index contributed by atoms with van der Waals surface area (Å²) in [4.78, 5) is 39.8. The van der Waals surface area contributed by atoms with Crippen LogP contribution in [0.3, 0.4) is 0 Å². The summed E-state index contributed by atoms with van der Waals surface area (Å²) >= 11 is 0. The van der Waals surface area contributed by atoms with Gasteiger partial charge in [-0.25, -0.2) is 4.79 Å². The molecule has 33 heavy (non-hydrogen) atoms. The fraction of sp³-hybridized carbons (Fsp3) is 0.640. The fourth-order valence-corrected chi connectivity index (χ4v) is 6.50. The van der Waals surface area contributed by atoms with E-state index in [1.807, 2.05) is 6.92 Å². The van der Waals surface area contributed by atoms with Crippen molar-refractivity contribution in [1.82, 2.24) is 15.5 Å². The van der Waals surface area contributed by atoms with Gasteiger partial charge in [-0.3, -0.25) is 19.8 Å². The number of benzene rings is 1. The average molecular weight is 457 g/mol. The summed E-state index contributed by atoms with van der Waals surface area (Å²) in [5, 5.41) is 8.53. The summed E-state index contributed by atoms with van der Waals surface area (Å²) in [5.41, 5.74) is 0.509. The van der Waals surface area contributed by atoms with Crippen molar-refractivity contribution < 1.29 is 19.1 Å². The predicted octanol–water partition coefficient (Wildman–Crippen LogP) is 3.14. The molecule has 180 valence electrons. The highest BCUT2D eigenvalue weighted by molar-refractivity contribution is 5.98. The number of anilines is 1. The van der Waals surface area contributed by atoms with Crippen LogP contribution in [0.4, 0.5) is 10.5 Å². The van der Waals surface area contributed by atoms with E-state index in [4.69, 9.17) is 4.74 Å². The summed E-state index contributed by atoms with van der Waals surface area (Å²) in [6.45, 7) is 4.16. The van der Waals surface area contributed by atoms with E-state index in [0.29, 0.717) is 35.7 Å². The highest BCUT2D eigenvalue weighted by Gasteiger charge is 2.51. The lowest BCUT2D eigenvalue weighted by atomic mass is 9.53. The number of likely N-dealkylation sites (N-methyl/N-ethyl adjacent to an activating group) is 1. The van der Waals surface area contributed by atoms with E-state index in [-0.39, 0.29) is 18.0 Å². The van der Waals surface area contributed by atoms with E-state index >= 15 is 0 Å². The topological polar surface area (TPSA) is 99.8 Å². The number of nitrogens with zero attached hydrogens (tertiary/aromatic N) is 1. The maximum Gasteiger partial charge on any atom is 0.321 e. The fourth-order valence-electron chi connectivity index (χ4n) is 6.50. The Balaban J connectivity index is 1.27. The van der Waals surface area contributed by atoms with Crippen molar-refractivity contribution >= 4 is 23.5 Å². The molecule has 4 saturated carbocycles. The van der Waals surface area contributed by atoms with Crippen LogP contribution in [0, 0.1) is 17.8 Å². The molecule has 4 aliphatic carbocycles. The van der Waals surface area contributed by atoms with Gasteiger partial charge in [0.1, 0.15) is 5.75 Å². The van der Waals surface area contributed by atoms with Crippen molar-refractivity contribution in [2.45, 2.75) is 64.0 Å². The van der Waals surface area contributed by atoms with Crippen LogP contribution < -0.4 is 20.7 Å². The first kappa shape index (κ1) is 23.5. The number of urea groups is 1. The first-order valence-electron chi connectivity index (χ1n) is 12.1. The summed E-state index contributed by atoms with van der Waals surface area (Å²) in [6, 6.07) is 6.04. The minimum absolute atomic E-state index is 0.0493. The molecule has 5 rings (SSSR count). The lowest BCUT2D eigenvalue weighted by Crippen LogP contribution is -2.62. The molecule has 0 heterocycles. The van der Waals surface area contributed by atoms with Crippen LogP contribution in [0.1, 0.15) is 52.4 Å². The van der Waals surface area contributed by atoms with Crippen LogP contribution in [-0.2, 0) is 9.59 Å². The van der Waals surface area contributed by atoms with Gasteiger partial charge >= 0.3 is 6.03 Å². The number of carbonyl (C=O) groups is 3. The molecule has 1 unspecified atom stereocenters. The number of hydrogen-bond donors (Lipinski definition) is 3. The predicted molar refractivity (Wildman–Crippen MR) is 126 cm³/mol. The van der Waals surface area contributed by atoms with Gasteiger partial charge in [0.05, 0.1) is 19.7 Å². The minimum atomic E-state index is -0.612. The van der Waals surface area contributed by atoms with Gasteiger partial charge < -0.3 is 15.4 Å².